The summed E-state index contributed by atoms with van der Waals surface area (Å²) in [4.78, 5) is 0. The molecule has 1 rings (SSSR count). The summed E-state index contributed by atoms with van der Waals surface area (Å²) in [6, 6.07) is 2.10. The maximum Gasteiger partial charge on any atom is 0.208 e. The Hall–Kier alpha value is -0.430. The number of hydrogen-bond acceptors (Lipinski definition) is 4. The van der Waals surface area contributed by atoms with Crippen LogP contribution >= 0.6 is 11.3 Å². The molecule has 0 aliphatic carbocycles. The van der Waals surface area contributed by atoms with Gasteiger partial charge in [-0.2, -0.15) is 11.3 Å². The molecular weight excluding hydrogens is 232 g/mol. The molecule has 0 saturated carbocycles. The lowest BCUT2D eigenvalue weighted by molar-refractivity contribution is 0.582. The molecule has 6 heteroatoms. The molecule has 0 unspecified atom stereocenters. The van der Waals surface area contributed by atoms with Crippen LogP contribution in [0.15, 0.2) is 16.8 Å². The summed E-state index contributed by atoms with van der Waals surface area (Å²) in [5.41, 5.74) is 1.32. The molecule has 4 nitrogen and oxygen atoms in total. The first kappa shape index (κ1) is 12.6. The van der Waals surface area contributed by atoms with Crippen LogP contribution in [0.1, 0.15) is 5.56 Å². The number of hydrogen-bond donors (Lipinski definition) is 2. The van der Waals surface area contributed by atoms with Gasteiger partial charge in [0.05, 0.1) is 6.26 Å². The normalized spacial score (nSPS) is 11.8. The lowest BCUT2D eigenvalue weighted by Crippen LogP contribution is -2.31. The largest absolute Gasteiger partial charge is 0.315 e. The summed E-state index contributed by atoms with van der Waals surface area (Å²) in [6.45, 7) is 1.99. The molecule has 0 aliphatic rings. The van der Waals surface area contributed by atoms with Crippen LogP contribution in [0.3, 0.4) is 0 Å². The van der Waals surface area contributed by atoms with Gasteiger partial charge in [-0.05, 0) is 35.4 Å². The highest BCUT2D eigenvalue weighted by molar-refractivity contribution is 7.88. The van der Waals surface area contributed by atoms with E-state index in [1.807, 2.05) is 0 Å². The molecule has 0 aliphatic heterocycles. The van der Waals surface area contributed by atoms with E-state index in [9.17, 15) is 8.42 Å². The minimum Gasteiger partial charge on any atom is -0.315 e. The van der Waals surface area contributed by atoms with Crippen molar-refractivity contribution in [2.24, 2.45) is 0 Å². The molecule has 1 heterocycles. The van der Waals surface area contributed by atoms with Gasteiger partial charge in [-0.25, -0.2) is 13.1 Å². The molecular formula is C9H16N2O2S2. The zero-order chi connectivity index (χ0) is 11.1. The van der Waals surface area contributed by atoms with Gasteiger partial charge in [-0.1, -0.05) is 0 Å². The summed E-state index contributed by atoms with van der Waals surface area (Å²) < 4.78 is 23.9. The molecule has 2 N–H and O–H groups in total. The third-order valence-corrected chi connectivity index (χ3v) is 3.30. The molecule has 0 spiro atoms. The highest BCUT2D eigenvalue weighted by Gasteiger charge is 1.98. The summed E-state index contributed by atoms with van der Waals surface area (Å²) in [6.07, 6.45) is 2.15. The van der Waals surface area contributed by atoms with E-state index in [-0.39, 0.29) is 0 Å². The Morgan fingerprint density at radius 2 is 2.13 bits per heavy atom. The molecule has 1 aromatic heterocycles. The molecule has 0 saturated heterocycles. The zero-order valence-electron chi connectivity index (χ0n) is 8.69. The number of nitrogens with one attached hydrogen (secondary N) is 2. The van der Waals surface area contributed by atoms with Crippen molar-refractivity contribution in [2.45, 2.75) is 6.42 Å². The molecule has 0 radical (unpaired) electrons. The minimum absolute atomic E-state index is 0.447. The second-order valence-corrected chi connectivity index (χ2v) is 5.91. The minimum atomic E-state index is -3.04. The Labute approximate surface area is 94.8 Å². The van der Waals surface area contributed by atoms with Crippen LogP contribution in [-0.4, -0.2) is 34.3 Å². The van der Waals surface area contributed by atoms with E-state index in [0.717, 1.165) is 13.0 Å². The van der Waals surface area contributed by atoms with Gasteiger partial charge in [0.15, 0.2) is 0 Å². The number of sulfonamides is 1. The first-order valence-electron chi connectivity index (χ1n) is 4.74. The average Bonchev–Trinajstić information content (AvgIpc) is 2.61. The van der Waals surface area contributed by atoms with Crippen molar-refractivity contribution in [1.82, 2.24) is 10.0 Å². The molecule has 86 valence electrons. The zero-order valence-corrected chi connectivity index (χ0v) is 10.3. The fraction of sp³-hybridized carbons (Fsp3) is 0.556. The molecule has 1 aromatic rings. The van der Waals surface area contributed by atoms with E-state index in [4.69, 9.17) is 0 Å². The van der Waals surface area contributed by atoms with Crippen molar-refractivity contribution in [3.8, 4) is 0 Å². The first-order valence-corrected chi connectivity index (χ1v) is 7.58. The van der Waals surface area contributed by atoms with E-state index in [1.165, 1.54) is 11.8 Å². The van der Waals surface area contributed by atoms with Crippen LogP contribution in [0.5, 0.6) is 0 Å². The SMILES string of the molecule is CS(=O)(=O)NCCNCCc1ccsc1. The van der Waals surface area contributed by atoms with Crippen LogP contribution in [0.25, 0.3) is 0 Å². The predicted octanol–water partition coefficient (Wildman–Crippen LogP) is 0.429. The topological polar surface area (TPSA) is 58.2 Å². The van der Waals surface area contributed by atoms with Crippen molar-refractivity contribution in [3.05, 3.63) is 22.4 Å². The second-order valence-electron chi connectivity index (χ2n) is 3.30. The van der Waals surface area contributed by atoms with E-state index >= 15 is 0 Å². The molecule has 0 atom stereocenters. The third kappa shape index (κ3) is 6.62. The van der Waals surface area contributed by atoms with Gasteiger partial charge in [0.1, 0.15) is 0 Å². The smallest absolute Gasteiger partial charge is 0.208 e. The van der Waals surface area contributed by atoms with Crippen LogP contribution in [0.4, 0.5) is 0 Å². The lowest BCUT2D eigenvalue weighted by Gasteiger charge is -2.04. The Morgan fingerprint density at radius 1 is 1.33 bits per heavy atom. The highest BCUT2D eigenvalue weighted by atomic mass is 32.2. The van der Waals surface area contributed by atoms with Gasteiger partial charge < -0.3 is 5.32 Å². The van der Waals surface area contributed by atoms with E-state index < -0.39 is 10.0 Å². The third-order valence-electron chi connectivity index (χ3n) is 1.84. The monoisotopic (exact) mass is 248 g/mol. The maximum atomic E-state index is 10.7. The summed E-state index contributed by atoms with van der Waals surface area (Å²) in [7, 11) is -3.04. The van der Waals surface area contributed by atoms with Crippen LogP contribution in [0.2, 0.25) is 0 Å². The maximum absolute atomic E-state index is 10.7. The van der Waals surface area contributed by atoms with Crippen molar-refractivity contribution in [3.63, 3.8) is 0 Å². The second kappa shape index (κ2) is 6.22. The molecule has 0 amide bonds. The fourth-order valence-corrected chi connectivity index (χ4v) is 2.29. The highest BCUT2D eigenvalue weighted by Crippen LogP contribution is 2.05. The molecule has 15 heavy (non-hydrogen) atoms. The van der Waals surface area contributed by atoms with E-state index in [2.05, 4.69) is 26.9 Å². The first-order chi connectivity index (χ1) is 7.08. The van der Waals surface area contributed by atoms with Crippen molar-refractivity contribution in [2.75, 3.05) is 25.9 Å². The average molecular weight is 248 g/mol. The van der Waals surface area contributed by atoms with Crippen LogP contribution in [0, 0.1) is 0 Å². The van der Waals surface area contributed by atoms with Crippen molar-refractivity contribution < 1.29 is 8.42 Å². The standard InChI is InChI=1S/C9H16N2O2S2/c1-15(12,13)11-6-5-10-4-2-9-3-7-14-8-9/h3,7-8,10-11H,2,4-6H2,1H3. The van der Waals surface area contributed by atoms with E-state index in [1.54, 1.807) is 11.3 Å². The Bertz CT molecular complexity index is 359. The van der Waals surface area contributed by atoms with E-state index in [0.29, 0.717) is 13.1 Å². The molecule has 0 bridgehead atoms. The summed E-state index contributed by atoms with van der Waals surface area (Å²) in [5, 5.41) is 7.35. The lowest BCUT2D eigenvalue weighted by atomic mass is 10.2. The quantitative estimate of drug-likeness (QED) is 0.688. The Morgan fingerprint density at radius 3 is 2.73 bits per heavy atom. The van der Waals surface area contributed by atoms with Gasteiger partial charge in [0.25, 0.3) is 0 Å². The van der Waals surface area contributed by atoms with Crippen molar-refractivity contribution >= 4 is 21.4 Å². The Balaban J connectivity index is 1.99. The van der Waals surface area contributed by atoms with Gasteiger partial charge >= 0.3 is 0 Å². The summed E-state index contributed by atoms with van der Waals surface area (Å²) >= 11 is 1.69. The fourth-order valence-electron chi connectivity index (χ4n) is 1.12. The number of thiophene rings is 1. The summed E-state index contributed by atoms with van der Waals surface area (Å²) in [5.74, 6) is 0. The van der Waals surface area contributed by atoms with Crippen LogP contribution in [-0.2, 0) is 16.4 Å². The van der Waals surface area contributed by atoms with Gasteiger partial charge in [0, 0.05) is 13.1 Å². The molecule has 0 fully saturated rings. The van der Waals surface area contributed by atoms with Gasteiger partial charge in [-0.15, -0.1) is 0 Å². The van der Waals surface area contributed by atoms with Gasteiger partial charge in [-0.3, -0.25) is 0 Å². The van der Waals surface area contributed by atoms with Gasteiger partial charge in [0.2, 0.25) is 10.0 Å². The van der Waals surface area contributed by atoms with Crippen LogP contribution < -0.4 is 10.0 Å². The van der Waals surface area contributed by atoms with Crippen molar-refractivity contribution in [1.29, 1.82) is 0 Å². The molecule has 0 aromatic carbocycles. The predicted molar refractivity (Wildman–Crippen MR) is 63.7 cm³/mol. The number of rotatable bonds is 7. The Kier molecular flexibility index (Phi) is 5.24.